The molecule has 2 rings (SSSR count). The molecule has 0 amide bonds. The molecule has 108 valence electrons. The zero-order chi connectivity index (χ0) is 14.9. The van der Waals surface area contributed by atoms with Crippen molar-refractivity contribution in [1.29, 1.82) is 0 Å². The molecule has 0 aliphatic heterocycles. The second kappa shape index (κ2) is 5.62. The van der Waals surface area contributed by atoms with Gasteiger partial charge >= 0.3 is 0 Å². The molecule has 2 N–H and O–H groups in total. The highest BCUT2D eigenvalue weighted by atomic mass is 32.1. The summed E-state index contributed by atoms with van der Waals surface area (Å²) in [6, 6.07) is 6.34. The summed E-state index contributed by atoms with van der Waals surface area (Å²) in [5, 5.41) is 4.28. The number of aryl methyl sites for hydroxylation is 2. The van der Waals surface area contributed by atoms with Crippen LogP contribution in [0, 0.1) is 13.8 Å². The van der Waals surface area contributed by atoms with Crippen LogP contribution in [0.2, 0.25) is 0 Å². The summed E-state index contributed by atoms with van der Waals surface area (Å²) >= 11 is 1.43. The lowest BCUT2D eigenvalue weighted by Gasteiger charge is -2.20. The monoisotopic (exact) mass is 289 g/mol. The average molecular weight is 289 g/mol. The number of nitrogens with two attached hydrogens (primary N) is 1. The van der Waals surface area contributed by atoms with Crippen molar-refractivity contribution in [2.45, 2.75) is 52.5 Å². The second-order valence-corrected chi connectivity index (χ2v) is 7.20. The molecule has 0 bridgehead atoms. The maximum atomic E-state index is 6.44. The molecule has 0 saturated carbocycles. The highest BCUT2D eigenvalue weighted by Gasteiger charge is 2.26. The molecular formula is C16H23N3S. The van der Waals surface area contributed by atoms with Gasteiger partial charge in [-0.1, -0.05) is 43.5 Å². The molecule has 1 unspecified atom stereocenters. The van der Waals surface area contributed by atoms with E-state index in [0.29, 0.717) is 0 Å². The van der Waals surface area contributed by atoms with Crippen LogP contribution in [-0.4, -0.2) is 9.59 Å². The molecular weight excluding hydrogens is 266 g/mol. The summed E-state index contributed by atoms with van der Waals surface area (Å²) in [7, 11) is 0. The molecule has 20 heavy (non-hydrogen) atoms. The van der Waals surface area contributed by atoms with E-state index in [1.807, 2.05) is 0 Å². The third kappa shape index (κ3) is 3.07. The van der Waals surface area contributed by atoms with Crippen molar-refractivity contribution >= 4 is 11.5 Å². The minimum Gasteiger partial charge on any atom is -0.323 e. The summed E-state index contributed by atoms with van der Waals surface area (Å²) in [5.41, 5.74) is 11.4. The SMILES string of the molecule is Cc1cccc(C)c1CC(N)c1snnc1C(C)(C)C. The van der Waals surface area contributed by atoms with Crippen molar-refractivity contribution in [2.24, 2.45) is 5.73 Å². The molecule has 0 radical (unpaired) electrons. The second-order valence-electron chi connectivity index (χ2n) is 6.42. The van der Waals surface area contributed by atoms with E-state index >= 15 is 0 Å². The first-order valence-corrected chi connectivity index (χ1v) is 7.71. The van der Waals surface area contributed by atoms with Crippen LogP contribution in [-0.2, 0) is 11.8 Å². The Morgan fingerprint density at radius 1 is 1.20 bits per heavy atom. The van der Waals surface area contributed by atoms with Crippen LogP contribution < -0.4 is 5.73 Å². The lowest BCUT2D eigenvalue weighted by Crippen LogP contribution is -2.20. The van der Waals surface area contributed by atoms with Gasteiger partial charge in [0.15, 0.2) is 0 Å². The van der Waals surface area contributed by atoms with Gasteiger partial charge in [0, 0.05) is 11.5 Å². The Hall–Kier alpha value is -1.26. The maximum Gasteiger partial charge on any atom is 0.0857 e. The van der Waals surface area contributed by atoms with Crippen molar-refractivity contribution in [1.82, 2.24) is 9.59 Å². The van der Waals surface area contributed by atoms with Gasteiger partial charge in [0.25, 0.3) is 0 Å². The van der Waals surface area contributed by atoms with Gasteiger partial charge in [-0.15, -0.1) is 5.10 Å². The normalized spacial score (nSPS) is 13.5. The van der Waals surface area contributed by atoms with E-state index in [-0.39, 0.29) is 11.5 Å². The average Bonchev–Trinajstić information content (AvgIpc) is 2.82. The molecule has 1 aromatic heterocycles. The van der Waals surface area contributed by atoms with E-state index in [2.05, 4.69) is 62.4 Å². The van der Waals surface area contributed by atoms with Crippen LogP contribution in [0.25, 0.3) is 0 Å². The topological polar surface area (TPSA) is 51.8 Å². The Morgan fingerprint density at radius 2 is 1.80 bits per heavy atom. The number of benzene rings is 1. The lowest BCUT2D eigenvalue weighted by molar-refractivity contribution is 0.550. The van der Waals surface area contributed by atoms with E-state index < -0.39 is 0 Å². The van der Waals surface area contributed by atoms with Gasteiger partial charge < -0.3 is 5.73 Å². The Kier molecular flexibility index (Phi) is 4.25. The number of rotatable bonds is 3. The van der Waals surface area contributed by atoms with Crippen LogP contribution in [0.15, 0.2) is 18.2 Å². The molecule has 0 aliphatic rings. The molecule has 0 spiro atoms. The van der Waals surface area contributed by atoms with Gasteiger partial charge in [-0.25, -0.2) is 0 Å². The standard InChI is InChI=1S/C16H23N3S/c1-10-7-6-8-11(2)12(10)9-13(17)14-15(16(3,4)5)18-19-20-14/h6-8,13H,9,17H2,1-5H3. The van der Waals surface area contributed by atoms with Crippen molar-refractivity contribution in [2.75, 3.05) is 0 Å². The van der Waals surface area contributed by atoms with E-state index in [4.69, 9.17) is 5.73 Å². The molecule has 1 atom stereocenters. The fourth-order valence-electron chi connectivity index (χ4n) is 2.44. The summed E-state index contributed by atoms with van der Waals surface area (Å²) in [5.74, 6) is 0. The van der Waals surface area contributed by atoms with Gasteiger partial charge in [-0.3, -0.25) is 0 Å². The number of hydrogen-bond donors (Lipinski definition) is 1. The zero-order valence-electron chi connectivity index (χ0n) is 12.9. The highest BCUT2D eigenvalue weighted by molar-refractivity contribution is 7.05. The predicted octanol–water partition coefficient (Wildman–Crippen LogP) is 3.69. The minimum absolute atomic E-state index is 0.0132. The molecule has 0 saturated heterocycles. The Morgan fingerprint density at radius 3 is 2.35 bits per heavy atom. The van der Waals surface area contributed by atoms with Crippen molar-refractivity contribution in [3.8, 4) is 0 Å². The summed E-state index contributed by atoms with van der Waals surface area (Å²) in [6.07, 6.45) is 0.839. The molecule has 2 aromatic rings. The van der Waals surface area contributed by atoms with Gasteiger partial charge in [-0.2, -0.15) is 0 Å². The Balaban J connectivity index is 2.30. The van der Waals surface area contributed by atoms with Gasteiger partial charge in [0.1, 0.15) is 0 Å². The van der Waals surface area contributed by atoms with E-state index in [0.717, 1.165) is 17.0 Å². The van der Waals surface area contributed by atoms with Crippen LogP contribution >= 0.6 is 11.5 Å². The number of hydrogen-bond acceptors (Lipinski definition) is 4. The van der Waals surface area contributed by atoms with Crippen molar-refractivity contribution in [3.63, 3.8) is 0 Å². The molecule has 3 nitrogen and oxygen atoms in total. The van der Waals surface area contributed by atoms with Gasteiger partial charge in [-0.05, 0) is 48.5 Å². The largest absolute Gasteiger partial charge is 0.323 e. The molecule has 0 fully saturated rings. The molecule has 1 aromatic carbocycles. The third-order valence-corrected chi connectivity index (χ3v) is 4.49. The maximum absolute atomic E-state index is 6.44. The lowest BCUT2D eigenvalue weighted by atomic mass is 9.88. The van der Waals surface area contributed by atoms with E-state index in [1.165, 1.54) is 28.2 Å². The fourth-order valence-corrected chi connectivity index (χ4v) is 3.31. The fraction of sp³-hybridized carbons (Fsp3) is 0.500. The smallest absolute Gasteiger partial charge is 0.0857 e. The quantitative estimate of drug-likeness (QED) is 0.937. The third-order valence-electron chi connectivity index (χ3n) is 3.63. The van der Waals surface area contributed by atoms with Crippen molar-refractivity contribution < 1.29 is 0 Å². The van der Waals surface area contributed by atoms with E-state index in [9.17, 15) is 0 Å². The Bertz CT molecular complexity index is 576. The van der Waals surface area contributed by atoms with Gasteiger partial charge in [0.05, 0.1) is 10.6 Å². The molecule has 1 heterocycles. The Labute approximate surface area is 125 Å². The zero-order valence-corrected chi connectivity index (χ0v) is 13.7. The van der Waals surface area contributed by atoms with Crippen LogP contribution in [0.1, 0.15) is 54.1 Å². The summed E-state index contributed by atoms with van der Waals surface area (Å²) in [4.78, 5) is 1.11. The first-order chi connectivity index (χ1) is 9.30. The first kappa shape index (κ1) is 15.1. The predicted molar refractivity (Wildman–Crippen MR) is 85.2 cm³/mol. The van der Waals surface area contributed by atoms with E-state index in [1.54, 1.807) is 0 Å². The minimum atomic E-state index is -0.0379. The molecule has 0 aliphatic carbocycles. The van der Waals surface area contributed by atoms with Crippen LogP contribution in [0.4, 0.5) is 0 Å². The summed E-state index contributed by atoms with van der Waals surface area (Å²) < 4.78 is 4.11. The summed E-state index contributed by atoms with van der Waals surface area (Å²) in [6.45, 7) is 10.7. The highest BCUT2D eigenvalue weighted by Crippen LogP contribution is 2.31. The number of aromatic nitrogens is 2. The van der Waals surface area contributed by atoms with Crippen LogP contribution in [0.5, 0.6) is 0 Å². The molecule has 4 heteroatoms. The van der Waals surface area contributed by atoms with Crippen molar-refractivity contribution in [3.05, 3.63) is 45.5 Å². The van der Waals surface area contributed by atoms with Gasteiger partial charge in [0.2, 0.25) is 0 Å². The number of nitrogens with zero attached hydrogens (tertiary/aromatic N) is 2. The van der Waals surface area contributed by atoms with Crippen LogP contribution in [0.3, 0.4) is 0 Å². The first-order valence-electron chi connectivity index (χ1n) is 6.94.